The van der Waals surface area contributed by atoms with E-state index in [0.29, 0.717) is 57.2 Å². The first kappa shape index (κ1) is 23.8. The second-order valence-corrected chi connectivity index (χ2v) is 9.05. The van der Waals surface area contributed by atoms with Crippen LogP contribution in [0.1, 0.15) is 24.8 Å². The van der Waals surface area contributed by atoms with Crippen LogP contribution in [0.25, 0.3) is 0 Å². The molecule has 0 radical (unpaired) electrons. The molecular formula is C24H32N4O6. The number of hydrogen-bond acceptors (Lipinski definition) is 6. The van der Waals surface area contributed by atoms with Gasteiger partial charge in [-0.05, 0) is 37.0 Å². The Kier molecular flexibility index (Phi) is 7.23. The minimum absolute atomic E-state index is 0.0237. The number of nitrogens with zero attached hydrogens (tertiary/aromatic N) is 3. The number of carbonyl (C=O) groups excluding carboxylic acids is 4. The highest BCUT2D eigenvalue weighted by Gasteiger charge is 2.38. The van der Waals surface area contributed by atoms with E-state index < -0.39 is 11.8 Å². The maximum absolute atomic E-state index is 13.0. The van der Waals surface area contributed by atoms with Crippen LogP contribution in [0.3, 0.4) is 0 Å². The fourth-order valence-electron chi connectivity index (χ4n) is 4.46. The van der Waals surface area contributed by atoms with Gasteiger partial charge in [0.05, 0.1) is 20.1 Å². The van der Waals surface area contributed by atoms with Crippen molar-refractivity contribution in [3.63, 3.8) is 0 Å². The van der Waals surface area contributed by atoms with Crippen LogP contribution in [0.5, 0.6) is 11.5 Å². The predicted molar refractivity (Wildman–Crippen MR) is 122 cm³/mol. The standard InChI is InChI=1S/C24H32N4O6/c1-33-19-6-3-16(13-20(19)34-2)7-8-28-15-17(14-21(28)29)23(31)26-9-11-27(12-10-26)24(32)22(30)25-18-4-5-18/h3,6,13,17-18H,4-5,7-12,14-15H2,1-2H3,(H,25,30). The fourth-order valence-corrected chi connectivity index (χ4v) is 4.46. The maximum Gasteiger partial charge on any atom is 0.312 e. The Morgan fingerprint density at radius 3 is 2.32 bits per heavy atom. The predicted octanol–water partition coefficient (Wildman–Crippen LogP) is 0.0442. The second-order valence-electron chi connectivity index (χ2n) is 9.05. The summed E-state index contributed by atoms with van der Waals surface area (Å²) < 4.78 is 10.6. The largest absolute Gasteiger partial charge is 0.493 e. The molecule has 2 saturated heterocycles. The lowest BCUT2D eigenvalue weighted by molar-refractivity contribution is -0.149. The third-order valence-corrected chi connectivity index (χ3v) is 6.67. The van der Waals surface area contributed by atoms with Gasteiger partial charge < -0.3 is 29.5 Å². The number of rotatable bonds is 7. The second kappa shape index (κ2) is 10.3. The van der Waals surface area contributed by atoms with Crippen LogP contribution in [0, 0.1) is 5.92 Å². The third kappa shape index (κ3) is 5.43. The van der Waals surface area contributed by atoms with Crippen LogP contribution in [0.2, 0.25) is 0 Å². The number of nitrogens with one attached hydrogen (secondary N) is 1. The average Bonchev–Trinajstić information content (AvgIpc) is 3.60. The molecule has 3 aliphatic rings. The van der Waals surface area contributed by atoms with Gasteiger partial charge in [0.1, 0.15) is 0 Å². The zero-order valence-corrected chi connectivity index (χ0v) is 19.7. The Morgan fingerprint density at radius 2 is 1.68 bits per heavy atom. The summed E-state index contributed by atoms with van der Waals surface area (Å²) in [5, 5.41) is 2.71. The summed E-state index contributed by atoms with van der Waals surface area (Å²) in [5.74, 6) is -0.257. The summed E-state index contributed by atoms with van der Waals surface area (Å²) in [5.41, 5.74) is 1.02. The molecule has 2 heterocycles. The summed E-state index contributed by atoms with van der Waals surface area (Å²) in [7, 11) is 3.17. The average molecular weight is 473 g/mol. The van der Waals surface area contributed by atoms with Gasteiger partial charge in [0.25, 0.3) is 0 Å². The van der Waals surface area contributed by atoms with E-state index in [2.05, 4.69) is 5.32 Å². The van der Waals surface area contributed by atoms with E-state index in [1.54, 1.807) is 24.0 Å². The van der Waals surface area contributed by atoms with Crippen molar-refractivity contribution in [1.82, 2.24) is 20.0 Å². The molecule has 1 atom stereocenters. The van der Waals surface area contributed by atoms with Crippen LogP contribution in [-0.4, -0.2) is 97.9 Å². The molecule has 10 nitrogen and oxygen atoms in total. The molecule has 1 aromatic rings. The molecule has 184 valence electrons. The molecule has 2 aliphatic heterocycles. The van der Waals surface area contributed by atoms with Crippen molar-refractivity contribution < 1.29 is 28.7 Å². The van der Waals surface area contributed by atoms with Gasteiger partial charge in [-0.2, -0.15) is 0 Å². The van der Waals surface area contributed by atoms with Gasteiger partial charge >= 0.3 is 11.8 Å². The number of likely N-dealkylation sites (tertiary alicyclic amines) is 1. The molecule has 1 N–H and O–H groups in total. The van der Waals surface area contributed by atoms with Gasteiger partial charge in [-0.15, -0.1) is 0 Å². The summed E-state index contributed by atoms with van der Waals surface area (Å²) in [6.45, 7) is 2.32. The molecule has 0 bridgehead atoms. The van der Waals surface area contributed by atoms with Crippen LogP contribution >= 0.6 is 0 Å². The topological polar surface area (TPSA) is 108 Å². The molecule has 10 heteroatoms. The van der Waals surface area contributed by atoms with Crippen molar-refractivity contribution in [3.8, 4) is 11.5 Å². The Bertz CT molecular complexity index is 955. The Hall–Kier alpha value is -3.30. The minimum atomic E-state index is -0.561. The number of ether oxygens (including phenoxy) is 2. The van der Waals surface area contributed by atoms with E-state index in [1.807, 2.05) is 18.2 Å². The van der Waals surface area contributed by atoms with Crippen molar-refractivity contribution in [1.29, 1.82) is 0 Å². The summed E-state index contributed by atoms with van der Waals surface area (Å²) >= 11 is 0. The first-order chi connectivity index (χ1) is 16.4. The van der Waals surface area contributed by atoms with Crippen molar-refractivity contribution in [2.75, 3.05) is 53.5 Å². The van der Waals surface area contributed by atoms with Gasteiger partial charge in [0, 0.05) is 51.7 Å². The molecule has 4 amide bonds. The zero-order valence-electron chi connectivity index (χ0n) is 19.7. The molecule has 0 spiro atoms. The number of benzene rings is 1. The zero-order chi connectivity index (χ0) is 24.2. The van der Waals surface area contributed by atoms with E-state index >= 15 is 0 Å². The first-order valence-corrected chi connectivity index (χ1v) is 11.8. The molecule has 0 aromatic heterocycles. The summed E-state index contributed by atoms with van der Waals surface area (Å²) in [6, 6.07) is 5.81. The molecule has 1 saturated carbocycles. The van der Waals surface area contributed by atoms with E-state index in [9.17, 15) is 19.2 Å². The minimum Gasteiger partial charge on any atom is -0.493 e. The highest BCUT2D eigenvalue weighted by Crippen LogP contribution is 2.28. The molecule has 1 aliphatic carbocycles. The van der Waals surface area contributed by atoms with Crippen molar-refractivity contribution in [2.45, 2.75) is 31.7 Å². The van der Waals surface area contributed by atoms with Crippen molar-refractivity contribution in [2.24, 2.45) is 5.92 Å². The van der Waals surface area contributed by atoms with Gasteiger partial charge in [-0.25, -0.2) is 0 Å². The summed E-state index contributed by atoms with van der Waals surface area (Å²) in [6.07, 6.45) is 2.70. The van der Waals surface area contributed by atoms with E-state index in [1.165, 1.54) is 4.90 Å². The number of amides is 4. The molecule has 4 rings (SSSR count). The Morgan fingerprint density at radius 1 is 1.00 bits per heavy atom. The van der Waals surface area contributed by atoms with Crippen molar-refractivity contribution >= 4 is 23.6 Å². The summed E-state index contributed by atoms with van der Waals surface area (Å²) in [4.78, 5) is 54.8. The lowest BCUT2D eigenvalue weighted by Crippen LogP contribution is -2.55. The molecule has 34 heavy (non-hydrogen) atoms. The SMILES string of the molecule is COc1ccc(CCN2CC(C(=O)N3CCN(C(=O)C(=O)NC4CC4)CC3)CC2=O)cc1OC. The van der Waals surface area contributed by atoms with Gasteiger partial charge in [0.15, 0.2) is 11.5 Å². The lowest BCUT2D eigenvalue weighted by atomic mass is 10.1. The highest BCUT2D eigenvalue weighted by atomic mass is 16.5. The lowest BCUT2D eigenvalue weighted by Gasteiger charge is -2.35. The molecule has 1 aromatic carbocycles. The van der Waals surface area contributed by atoms with E-state index in [-0.39, 0.29) is 30.2 Å². The van der Waals surface area contributed by atoms with Crippen LogP contribution < -0.4 is 14.8 Å². The quantitative estimate of drug-likeness (QED) is 0.562. The number of methoxy groups -OCH3 is 2. The van der Waals surface area contributed by atoms with E-state index in [4.69, 9.17) is 9.47 Å². The van der Waals surface area contributed by atoms with Crippen molar-refractivity contribution in [3.05, 3.63) is 23.8 Å². The highest BCUT2D eigenvalue weighted by molar-refractivity contribution is 6.35. The van der Waals surface area contributed by atoms with Gasteiger partial charge in [-0.3, -0.25) is 19.2 Å². The van der Waals surface area contributed by atoms with Crippen LogP contribution in [0.4, 0.5) is 0 Å². The van der Waals surface area contributed by atoms with E-state index in [0.717, 1.165) is 18.4 Å². The Balaban J connectivity index is 1.24. The Labute approximate surface area is 199 Å². The monoisotopic (exact) mass is 472 g/mol. The smallest absolute Gasteiger partial charge is 0.312 e. The molecule has 3 fully saturated rings. The van der Waals surface area contributed by atoms with Crippen LogP contribution in [0.15, 0.2) is 18.2 Å². The molecular weight excluding hydrogens is 440 g/mol. The molecule has 1 unspecified atom stereocenters. The van der Waals surface area contributed by atoms with Gasteiger partial charge in [0.2, 0.25) is 11.8 Å². The third-order valence-electron chi connectivity index (χ3n) is 6.67. The normalized spacial score (nSPS) is 20.4. The number of carbonyl (C=O) groups is 4. The number of piperazine rings is 1. The first-order valence-electron chi connectivity index (χ1n) is 11.8. The van der Waals surface area contributed by atoms with Crippen LogP contribution in [-0.2, 0) is 25.6 Å². The van der Waals surface area contributed by atoms with Gasteiger partial charge in [-0.1, -0.05) is 6.07 Å². The fraction of sp³-hybridized carbons (Fsp3) is 0.583. The maximum atomic E-state index is 13.0. The number of hydrogen-bond donors (Lipinski definition) is 1.